The zero-order chi connectivity index (χ0) is 16.2. The minimum absolute atomic E-state index is 0.143. The second kappa shape index (κ2) is 7.11. The van der Waals surface area contributed by atoms with Crippen LogP contribution in [0.15, 0.2) is 30.3 Å². The van der Waals surface area contributed by atoms with Gasteiger partial charge in [0.15, 0.2) is 6.10 Å². The van der Waals surface area contributed by atoms with E-state index in [1.807, 2.05) is 6.07 Å². The fraction of sp³-hybridized carbons (Fsp3) is 0.533. The number of amides is 1. The van der Waals surface area contributed by atoms with Gasteiger partial charge in [-0.3, -0.25) is 9.69 Å². The van der Waals surface area contributed by atoms with Gasteiger partial charge in [-0.15, -0.1) is 0 Å². The molecule has 1 unspecified atom stereocenters. The number of aliphatic hydroxyl groups excluding tert-OH is 1. The van der Waals surface area contributed by atoms with Crippen LogP contribution in [0.4, 0.5) is 18.9 Å². The highest BCUT2D eigenvalue weighted by Crippen LogP contribution is 2.31. The Morgan fingerprint density at radius 2 is 1.86 bits per heavy atom. The van der Waals surface area contributed by atoms with Gasteiger partial charge < -0.3 is 10.4 Å². The summed E-state index contributed by atoms with van der Waals surface area (Å²) < 4.78 is 37.4. The summed E-state index contributed by atoms with van der Waals surface area (Å²) in [4.78, 5) is 13.7. The predicted molar refractivity (Wildman–Crippen MR) is 76.3 cm³/mol. The normalized spacial score (nSPS) is 18.9. The minimum Gasteiger partial charge on any atom is -0.383 e. The summed E-state index contributed by atoms with van der Waals surface area (Å²) in [5.41, 5.74) is 0.690. The highest BCUT2D eigenvalue weighted by molar-refractivity contribution is 5.92. The third-order valence-electron chi connectivity index (χ3n) is 3.84. The molecule has 0 bridgehead atoms. The Balaban J connectivity index is 1.77. The first kappa shape index (κ1) is 16.8. The van der Waals surface area contributed by atoms with Gasteiger partial charge >= 0.3 is 6.18 Å². The smallest absolute Gasteiger partial charge is 0.383 e. The Kier molecular flexibility index (Phi) is 5.42. The summed E-state index contributed by atoms with van der Waals surface area (Å²) in [5, 5.41) is 12.0. The van der Waals surface area contributed by atoms with Crippen LogP contribution in [0.2, 0.25) is 0 Å². The van der Waals surface area contributed by atoms with Crippen molar-refractivity contribution in [2.24, 2.45) is 5.92 Å². The first-order valence-corrected chi connectivity index (χ1v) is 7.18. The molecule has 0 spiro atoms. The zero-order valence-corrected chi connectivity index (χ0v) is 12.0. The summed E-state index contributed by atoms with van der Waals surface area (Å²) >= 11 is 0. The molecular weight excluding hydrogens is 297 g/mol. The standard InChI is InChI=1S/C15H19F3N2O2/c16-15(17,18)14(22)11-6-8-20(9-7-11)10-13(21)19-12-4-2-1-3-5-12/h1-5,11,14,22H,6-10H2,(H,19,21). The van der Waals surface area contributed by atoms with Gasteiger partial charge in [-0.1, -0.05) is 18.2 Å². The van der Waals surface area contributed by atoms with Gasteiger partial charge in [0.1, 0.15) is 0 Å². The molecule has 122 valence electrons. The van der Waals surface area contributed by atoms with Crippen LogP contribution < -0.4 is 5.32 Å². The van der Waals surface area contributed by atoms with Crippen LogP contribution >= 0.6 is 0 Å². The molecule has 1 amide bonds. The van der Waals surface area contributed by atoms with Crippen molar-refractivity contribution in [2.75, 3.05) is 25.0 Å². The van der Waals surface area contributed by atoms with E-state index in [1.165, 1.54) is 0 Å². The monoisotopic (exact) mass is 316 g/mol. The van der Waals surface area contributed by atoms with Crippen LogP contribution in [0.3, 0.4) is 0 Å². The van der Waals surface area contributed by atoms with Crippen molar-refractivity contribution in [3.8, 4) is 0 Å². The van der Waals surface area contributed by atoms with Crippen LogP contribution in [-0.4, -0.2) is 47.8 Å². The van der Waals surface area contributed by atoms with E-state index in [-0.39, 0.29) is 25.3 Å². The highest BCUT2D eigenvalue weighted by atomic mass is 19.4. The maximum atomic E-state index is 12.5. The number of piperidine rings is 1. The molecule has 22 heavy (non-hydrogen) atoms. The lowest BCUT2D eigenvalue weighted by atomic mass is 9.91. The number of likely N-dealkylation sites (tertiary alicyclic amines) is 1. The molecule has 1 aliphatic heterocycles. The van der Waals surface area contributed by atoms with Gasteiger partial charge in [0.2, 0.25) is 5.91 Å². The molecular formula is C15H19F3N2O2. The van der Waals surface area contributed by atoms with E-state index in [0.29, 0.717) is 18.8 Å². The third-order valence-corrected chi connectivity index (χ3v) is 3.84. The predicted octanol–water partition coefficient (Wildman–Crippen LogP) is 2.26. The lowest BCUT2D eigenvalue weighted by Crippen LogP contribution is -2.45. The molecule has 1 atom stereocenters. The second-order valence-electron chi connectivity index (χ2n) is 5.51. The Hall–Kier alpha value is -1.60. The average Bonchev–Trinajstić information content (AvgIpc) is 2.47. The van der Waals surface area contributed by atoms with E-state index < -0.39 is 18.2 Å². The Labute approximate surface area is 126 Å². The quantitative estimate of drug-likeness (QED) is 0.896. The van der Waals surface area contributed by atoms with E-state index in [4.69, 9.17) is 0 Å². The minimum atomic E-state index is -4.57. The summed E-state index contributed by atoms with van der Waals surface area (Å²) in [6.45, 7) is 0.893. The molecule has 0 aliphatic carbocycles. The third kappa shape index (κ3) is 4.71. The molecule has 1 aromatic carbocycles. The molecule has 2 N–H and O–H groups in total. The number of nitrogens with zero attached hydrogens (tertiary/aromatic N) is 1. The van der Waals surface area contributed by atoms with Crippen molar-refractivity contribution in [1.29, 1.82) is 0 Å². The van der Waals surface area contributed by atoms with Gasteiger partial charge in [-0.2, -0.15) is 13.2 Å². The van der Waals surface area contributed by atoms with Gasteiger partial charge in [-0.25, -0.2) is 0 Å². The molecule has 1 aliphatic rings. The van der Waals surface area contributed by atoms with Gasteiger partial charge in [0.25, 0.3) is 0 Å². The fourth-order valence-electron chi connectivity index (χ4n) is 2.62. The molecule has 1 fully saturated rings. The van der Waals surface area contributed by atoms with E-state index in [2.05, 4.69) is 5.32 Å². The SMILES string of the molecule is O=C(CN1CCC(C(O)C(F)(F)F)CC1)Nc1ccccc1. The first-order valence-electron chi connectivity index (χ1n) is 7.18. The summed E-state index contributed by atoms with van der Waals surface area (Å²) in [6, 6.07) is 8.99. The number of carbonyl (C=O) groups excluding carboxylic acids is 1. The molecule has 7 heteroatoms. The Morgan fingerprint density at radius 3 is 2.41 bits per heavy atom. The molecule has 0 aromatic heterocycles. The molecule has 1 heterocycles. The Morgan fingerprint density at radius 1 is 1.27 bits per heavy atom. The van der Waals surface area contributed by atoms with E-state index in [9.17, 15) is 23.1 Å². The number of nitrogens with one attached hydrogen (secondary N) is 1. The molecule has 4 nitrogen and oxygen atoms in total. The first-order chi connectivity index (χ1) is 10.4. The molecule has 0 radical (unpaired) electrons. The van der Waals surface area contributed by atoms with E-state index >= 15 is 0 Å². The highest BCUT2D eigenvalue weighted by Gasteiger charge is 2.44. The van der Waals surface area contributed by atoms with Crippen LogP contribution in [-0.2, 0) is 4.79 Å². The number of alkyl halides is 3. The van der Waals surface area contributed by atoms with Crippen molar-refractivity contribution in [3.05, 3.63) is 30.3 Å². The van der Waals surface area contributed by atoms with Gasteiger partial charge in [0, 0.05) is 5.69 Å². The fourth-order valence-corrected chi connectivity index (χ4v) is 2.62. The number of aliphatic hydroxyl groups is 1. The topological polar surface area (TPSA) is 52.6 Å². The van der Waals surface area contributed by atoms with Crippen LogP contribution in [0.1, 0.15) is 12.8 Å². The van der Waals surface area contributed by atoms with Crippen LogP contribution in [0, 0.1) is 5.92 Å². The number of benzene rings is 1. The van der Waals surface area contributed by atoms with Crippen molar-refractivity contribution in [2.45, 2.75) is 25.1 Å². The lowest BCUT2D eigenvalue weighted by Gasteiger charge is -2.34. The lowest BCUT2D eigenvalue weighted by molar-refractivity contribution is -0.223. The second-order valence-corrected chi connectivity index (χ2v) is 5.51. The Bertz CT molecular complexity index is 485. The van der Waals surface area contributed by atoms with Gasteiger partial charge in [-0.05, 0) is 44.0 Å². The van der Waals surface area contributed by atoms with E-state index in [0.717, 1.165) is 0 Å². The average molecular weight is 316 g/mol. The number of carbonyl (C=O) groups is 1. The van der Waals surface area contributed by atoms with Gasteiger partial charge in [0.05, 0.1) is 6.54 Å². The zero-order valence-electron chi connectivity index (χ0n) is 12.0. The van der Waals surface area contributed by atoms with Crippen molar-refractivity contribution in [1.82, 2.24) is 4.90 Å². The maximum Gasteiger partial charge on any atom is 0.414 e. The molecule has 0 saturated carbocycles. The largest absolute Gasteiger partial charge is 0.414 e. The summed E-state index contributed by atoms with van der Waals surface area (Å²) in [5.74, 6) is -0.977. The van der Waals surface area contributed by atoms with Crippen molar-refractivity contribution >= 4 is 11.6 Å². The number of halogens is 3. The van der Waals surface area contributed by atoms with Crippen molar-refractivity contribution < 1.29 is 23.1 Å². The summed E-state index contributed by atoms with van der Waals surface area (Å²) in [6.07, 6.45) is -6.37. The number of hydrogen-bond donors (Lipinski definition) is 2. The van der Waals surface area contributed by atoms with Crippen LogP contribution in [0.5, 0.6) is 0 Å². The van der Waals surface area contributed by atoms with E-state index in [1.54, 1.807) is 29.2 Å². The molecule has 1 saturated heterocycles. The van der Waals surface area contributed by atoms with Crippen molar-refractivity contribution in [3.63, 3.8) is 0 Å². The summed E-state index contributed by atoms with van der Waals surface area (Å²) in [7, 11) is 0. The number of hydrogen-bond acceptors (Lipinski definition) is 3. The number of anilines is 1. The van der Waals surface area contributed by atoms with Crippen LogP contribution in [0.25, 0.3) is 0 Å². The number of para-hydroxylation sites is 1. The molecule has 2 rings (SSSR count). The maximum absolute atomic E-state index is 12.5. The molecule has 1 aromatic rings. The number of rotatable bonds is 4.